The molecule has 1 atom stereocenters. The molecule has 0 saturated carbocycles. The van der Waals surface area contributed by atoms with Gasteiger partial charge in [0.05, 0.1) is 0 Å². The third-order valence-corrected chi connectivity index (χ3v) is 5.08. The van der Waals surface area contributed by atoms with E-state index in [0.717, 1.165) is 21.8 Å². The number of aromatic nitrogens is 2. The maximum absolute atomic E-state index is 4.18. The highest BCUT2D eigenvalue weighted by Gasteiger charge is 2.10. The molecule has 1 aromatic carbocycles. The molecule has 1 heterocycles. The molecule has 6 heteroatoms. The maximum Gasteiger partial charge on any atom is 0.174 e. The maximum atomic E-state index is 4.18. The smallest absolute Gasteiger partial charge is 0.174 e. The lowest BCUT2D eigenvalue weighted by molar-refractivity contribution is 0.568. The third-order valence-electron chi connectivity index (χ3n) is 2.69. The van der Waals surface area contributed by atoms with Gasteiger partial charge in [0.15, 0.2) is 4.34 Å². The molecule has 102 valence electrons. The van der Waals surface area contributed by atoms with Crippen LogP contribution in [-0.4, -0.2) is 15.9 Å². The van der Waals surface area contributed by atoms with Crippen molar-refractivity contribution in [1.82, 2.24) is 14.7 Å². The fourth-order valence-corrected chi connectivity index (χ4v) is 4.04. The van der Waals surface area contributed by atoms with E-state index in [-0.39, 0.29) is 0 Å². The zero-order valence-corrected chi connectivity index (χ0v) is 14.1. The van der Waals surface area contributed by atoms with Crippen LogP contribution in [0.2, 0.25) is 0 Å². The lowest BCUT2D eigenvalue weighted by atomic mass is 10.1. The van der Waals surface area contributed by atoms with Gasteiger partial charge >= 0.3 is 0 Å². The Kier molecular flexibility index (Phi) is 5.81. The van der Waals surface area contributed by atoms with E-state index in [2.05, 4.69) is 62.7 Å². The monoisotopic (exact) mass is 357 g/mol. The zero-order valence-electron chi connectivity index (χ0n) is 10.9. The average Bonchev–Trinajstić information content (AvgIpc) is 2.89. The van der Waals surface area contributed by atoms with Crippen molar-refractivity contribution in [2.24, 2.45) is 0 Å². The molecule has 0 aliphatic carbocycles. The van der Waals surface area contributed by atoms with E-state index in [0.29, 0.717) is 6.04 Å². The minimum atomic E-state index is 0.356. The lowest BCUT2D eigenvalue weighted by Crippen LogP contribution is -2.19. The first-order chi connectivity index (χ1) is 9.20. The standard InChI is InChI=1S/C13H16BrN3S2/c1-3-6-15-9(2)11-5-4-10(7-12(11)14)18-13-16-8-17-19-13/h4-5,7-9,15H,3,6H2,1-2H3. The third kappa shape index (κ3) is 4.27. The summed E-state index contributed by atoms with van der Waals surface area (Å²) in [6, 6.07) is 6.80. The van der Waals surface area contributed by atoms with Gasteiger partial charge in [-0.3, -0.25) is 0 Å². The lowest BCUT2D eigenvalue weighted by Gasteiger charge is -2.16. The Morgan fingerprint density at radius 1 is 1.47 bits per heavy atom. The Bertz CT molecular complexity index is 517. The van der Waals surface area contributed by atoms with Crippen molar-refractivity contribution in [1.29, 1.82) is 0 Å². The van der Waals surface area contributed by atoms with Crippen molar-refractivity contribution in [2.45, 2.75) is 35.5 Å². The van der Waals surface area contributed by atoms with E-state index in [1.165, 1.54) is 22.0 Å². The van der Waals surface area contributed by atoms with E-state index in [1.807, 2.05) is 0 Å². The molecule has 0 radical (unpaired) electrons. The molecule has 0 bridgehead atoms. The molecule has 0 amide bonds. The average molecular weight is 358 g/mol. The SMILES string of the molecule is CCCNC(C)c1ccc(Sc2ncns2)cc1Br. The van der Waals surface area contributed by atoms with Crippen LogP contribution in [0, 0.1) is 0 Å². The predicted molar refractivity (Wildman–Crippen MR) is 84.9 cm³/mol. The Morgan fingerprint density at radius 2 is 2.32 bits per heavy atom. The molecule has 0 spiro atoms. The molecular formula is C13H16BrN3S2. The van der Waals surface area contributed by atoms with Crippen molar-refractivity contribution in [3.8, 4) is 0 Å². The normalized spacial score (nSPS) is 12.6. The van der Waals surface area contributed by atoms with Gasteiger partial charge < -0.3 is 5.32 Å². The molecule has 0 fully saturated rings. The Hall–Kier alpha value is -0.430. The van der Waals surface area contributed by atoms with E-state index >= 15 is 0 Å². The Labute approximate surface area is 130 Å². The number of rotatable bonds is 6. The molecule has 1 unspecified atom stereocenters. The van der Waals surface area contributed by atoms with E-state index in [4.69, 9.17) is 0 Å². The Morgan fingerprint density at radius 3 is 2.95 bits per heavy atom. The van der Waals surface area contributed by atoms with Crippen molar-refractivity contribution in [2.75, 3.05) is 6.54 Å². The highest BCUT2D eigenvalue weighted by atomic mass is 79.9. The highest BCUT2D eigenvalue weighted by Crippen LogP contribution is 2.33. The van der Waals surface area contributed by atoms with E-state index in [1.54, 1.807) is 18.1 Å². The van der Waals surface area contributed by atoms with Gasteiger partial charge in [-0.25, -0.2) is 4.98 Å². The molecule has 1 aromatic heterocycles. The van der Waals surface area contributed by atoms with Gasteiger partial charge in [0.1, 0.15) is 6.33 Å². The second-order valence-corrected chi connectivity index (χ2v) is 7.12. The van der Waals surface area contributed by atoms with Crippen LogP contribution in [0.3, 0.4) is 0 Å². The summed E-state index contributed by atoms with van der Waals surface area (Å²) in [4.78, 5) is 5.36. The molecular weight excluding hydrogens is 342 g/mol. The second-order valence-electron chi connectivity index (χ2n) is 4.17. The molecule has 1 N–H and O–H groups in total. The van der Waals surface area contributed by atoms with Crippen LogP contribution >= 0.6 is 39.2 Å². The van der Waals surface area contributed by atoms with Crippen molar-refractivity contribution < 1.29 is 0 Å². The van der Waals surface area contributed by atoms with E-state index in [9.17, 15) is 0 Å². The number of halogens is 1. The molecule has 19 heavy (non-hydrogen) atoms. The van der Waals surface area contributed by atoms with Crippen LogP contribution in [0.25, 0.3) is 0 Å². The Balaban J connectivity index is 2.08. The van der Waals surface area contributed by atoms with Gasteiger partial charge in [0.25, 0.3) is 0 Å². The summed E-state index contributed by atoms with van der Waals surface area (Å²) < 4.78 is 6.11. The number of nitrogens with one attached hydrogen (secondary N) is 1. The second kappa shape index (κ2) is 7.38. The molecule has 3 nitrogen and oxygen atoms in total. The van der Waals surface area contributed by atoms with Gasteiger partial charge in [0, 0.05) is 15.4 Å². The summed E-state index contributed by atoms with van der Waals surface area (Å²) in [5, 5.41) is 3.50. The summed E-state index contributed by atoms with van der Waals surface area (Å²) in [6.07, 6.45) is 2.74. The predicted octanol–water partition coefficient (Wildman–Crippen LogP) is 4.51. The van der Waals surface area contributed by atoms with Gasteiger partial charge in [-0.1, -0.05) is 40.7 Å². The fraction of sp³-hybridized carbons (Fsp3) is 0.385. The van der Waals surface area contributed by atoms with Gasteiger partial charge in [0.2, 0.25) is 0 Å². The van der Waals surface area contributed by atoms with Crippen LogP contribution in [0.5, 0.6) is 0 Å². The molecule has 0 aliphatic rings. The van der Waals surface area contributed by atoms with Crippen LogP contribution in [0.15, 0.2) is 38.2 Å². The summed E-state index contributed by atoms with van der Waals surface area (Å²) >= 11 is 6.72. The van der Waals surface area contributed by atoms with Crippen molar-refractivity contribution in [3.63, 3.8) is 0 Å². The van der Waals surface area contributed by atoms with Crippen molar-refractivity contribution in [3.05, 3.63) is 34.6 Å². The molecule has 0 saturated heterocycles. The highest BCUT2D eigenvalue weighted by molar-refractivity contribution is 9.10. The summed E-state index contributed by atoms with van der Waals surface area (Å²) in [5.41, 5.74) is 1.29. The number of nitrogens with zero attached hydrogens (tertiary/aromatic N) is 2. The summed E-state index contributed by atoms with van der Waals surface area (Å²) in [7, 11) is 0. The first-order valence-electron chi connectivity index (χ1n) is 6.18. The van der Waals surface area contributed by atoms with Crippen LogP contribution in [0.4, 0.5) is 0 Å². The minimum Gasteiger partial charge on any atom is -0.310 e. The van der Waals surface area contributed by atoms with Crippen LogP contribution in [0.1, 0.15) is 31.9 Å². The first-order valence-corrected chi connectivity index (χ1v) is 8.56. The van der Waals surface area contributed by atoms with Crippen LogP contribution < -0.4 is 5.32 Å². The van der Waals surface area contributed by atoms with Gasteiger partial charge in [-0.15, -0.1) is 0 Å². The summed E-state index contributed by atoms with van der Waals surface area (Å²) in [5.74, 6) is 0. The van der Waals surface area contributed by atoms with E-state index < -0.39 is 0 Å². The number of benzene rings is 1. The largest absolute Gasteiger partial charge is 0.310 e. The molecule has 2 aromatic rings. The quantitative estimate of drug-likeness (QED) is 0.824. The van der Waals surface area contributed by atoms with Crippen LogP contribution in [-0.2, 0) is 0 Å². The van der Waals surface area contributed by atoms with Gasteiger partial charge in [-0.05, 0) is 49.1 Å². The number of hydrogen-bond acceptors (Lipinski definition) is 5. The van der Waals surface area contributed by atoms with Crippen molar-refractivity contribution >= 4 is 39.2 Å². The number of hydrogen-bond donors (Lipinski definition) is 1. The first kappa shape index (κ1) is 15.0. The van der Waals surface area contributed by atoms with Gasteiger partial charge in [-0.2, -0.15) is 4.37 Å². The minimum absolute atomic E-state index is 0.356. The summed E-state index contributed by atoms with van der Waals surface area (Å²) in [6.45, 7) is 5.40. The topological polar surface area (TPSA) is 37.8 Å². The molecule has 0 aliphatic heterocycles. The fourth-order valence-electron chi connectivity index (χ4n) is 1.70. The zero-order chi connectivity index (χ0) is 13.7. The molecule has 2 rings (SSSR count).